The lowest BCUT2D eigenvalue weighted by Crippen LogP contribution is -2.47. The van der Waals surface area contributed by atoms with Crippen molar-refractivity contribution in [2.75, 3.05) is 18.0 Å². The Morgan fingerprint density at radius 3 is 2.81 bits per heavy atom. The largest absolute Gasteiger partial charge is 0.423 e. The average molecular weight is 348 g/mol. The van der Waals surface area contributed by atoms with Crippen LogP contribution in [0.15, 0.2) is 56.5 Å². The molecule has 3 aromatic rings. The van der Waals surface area contributed by atoms with Gasteiger partial charge in [-0.25, -0.2) is 4.79 Å². The molecule has 0 saturated carbocycles. The monoisotopic (exact) mass is 348 g/mol. The third kappa shape index (κ3) is 2.38. The molecule has 2 aliphatic heterocycles. The zero-order valence-corrected chi connectivity index (χ0v) is 14.6. The van der Waals surface area contributed by atoms with Crippen LogP contribution in [0.1, 0.15) is 23.6 Å². The first kappa shape index (κ1) is 15.4. The van der Waals surface area contributed by atoms with Gasteiger partial charge in [-0.15, -0.1) is 0 Å². The van der Waals surface area contributed by atoms with Gasteiger partial charge < -0.3 is 13.9 Å². The molecular formula is C21H20N2O3. The second kappa shape index (κ2) is 5.59. The summed E-state index contributed by atoms with van der Waals surface area (Å²) in [6, 6.07) is 13.1. The smallest absolute Gasteiger partial charge is 0.338 e. The van der Waals surface area contributed by atoms with Crippen LogP contribution >= 0.6 is 0 Å². The molecule has 0 amide bonds. The zero-order valence-electron chi connectivity index (χ0n) is 14.6. The molecule has 2 unspecified atom stereocenters. The summed E-state index contributed by atoms with van der Waals surface area (Å²) in [6.07, 6.45) is 1.10. The van der Waals surface area contributed by atoms with Gasteiger partial charge in [-0.2, -0.15) is 0 Å². The van der Waals surface area contributed by atoms with Gasteiger partial charge in [0.05, 0.1) is 5.69 Å². The summed E-state index contributed by atoms with van der Waals surface area (Å²) >= 11 is 0. The van der Waals surface area contributed by atoms with E-state index in [9.17, 15) is 9.59 Å². The van der Waals surface area contributed by atoms with Gasteiger partial charge >= 0.3 is 5.63 Å². The Morgan fingerprint density at radius 1 is 1.04 bits per heavy atom. The summed E-state index contributed by atoms with van der Waals surface area (Å²) in [5.41, 5.74) is 3.60. The number of fused-ring (bicyclic) bond motifs is 5. The van der Waals surface area contributed by atoms with Gasteiger partial charge in [-0.1, -0.05) is 17.7 Å². The molecule has 5 rings (SSSR count). The van der Waals surface area contributed by atoms with Gasteiger partial charge in [0, 0.05) is 48.8 Å². The van der Waals surface area contributed by atoms with Crippen molar-refractivity contribution < 1.29 is 4.42 Å². The summed E-state index contributed by atoms with van der Waals surface area (Å²) in [5, 5.41) is 0.982. The molecule has 2 bridgehead atoms. The van der Waals surface area contributed by atoms with Gasteiger partial charge in [-0.05, 0) is 37.5 Å². The maximum absolute atomic E-state index is 12.2. The highest BCUT2D eigenvalue weighted by atomic mass is 16.4. The number of benzene rings is 1. The molecule has 0 N–H and O–H groups in total. The molecule has 1 aromatic carbocycles. The normalized spacial score (nSPS) is 21.7. The minimum Gasteiger partial charge on any atom is -0.423 e. The fraction of sp³-hybridized carbons (Fsp3) is 0.333. The number of aryl methyl sites for hydroxylation is 1. The highest BCUT2D eigenvalue weighted by Crippen LogP contribution is 2.38. The molecule has 2 atom stereocenters. The SMILES string of the molecule is Cc1ccc2oc(=O)cc(N3CC4CC(C3)c3cccc(=O)n3C4)c2c1. The zero-order chi connectivity index (χ0) is 17.8. The van der Waals surface area contributed by atoms with Crippen molar-refractivity contribution in [2.45, 2.75) is 25.8 Å². The van der Waals surface area contributed by atoms with Crippen LogP contribution in [0.25, 0.3) is 11.0 Å². The number of hydrogen-bond donors (Lipinski definition) is 0. The average Bonchev–Trinajstić information content (AvgIpc) is 2.62. The van der Waals surface area contributed by atoms with E-state index in [1.165, 1.54) is 0 Å². The number of nitrogens with zero attached hydrogens (tertiary/aromatic N) is 2. The standard InChI is InChI=1S/C21H20N2O3/c1-13-5-6-19-16(7-13)18(9-21(25)26-19)22-10-14-8-15(12-22)17-3-2-4-20(24)23(17)11-14/h2-7,9,14-15H,8,10-12H2,1H3. The highest BCUT2D eigenvalue weighted by molar-refractivity contribution is 5.90. The third-order valence-corrected chi connectivity index (χ3v) is 5.70. The molecular weight excluding hydrogens is 328 g/mol. The van der Waals surface area contributed by atoms with E-state index >= 15 is 0 Å². The molecule has 4 heterocycles. The molecule has 0 radical (unpaired) electrons. The van der Waals surface area contributed by atoms with Crippen LogP contribution < -0.4 is 16.1 Å². The van der Waals surface area contributed by atoms with E-state index in [0.29, 0.717) is 17.4 Å². The molecule has 0 aliphatic carbocycles. The molecule has 0 spiro atoms. The maximum Gasteiger partial charge on any atom is 0.338 e. The van der Waals surface area contributed by atoms with Crippen molar-refractivity contribution in [3.05, 3.63) is 74.5 Å². The number of rotatable bonds is 1. The van der Waals surface area contributed by atoms with E-state index < -0.39 is 0 Å². The molecule has 1 saturated heterocycles. The van der Waals surface area contributed by atoms with Crippen LogP contribution in [0.4, 0.5) is 5.69 Å². The predicted octanol–water partition coefficient (Wildman–Crippen LogP) is 2.89. The molecule has 1 fully saturated rings. The van der Waals surface area contributed by atoms with Gasteiger partial charge in [0.1, 0.15) is 5.58 Å². The minimum absolute atomic E-state index is 0.0899. The summed E-state index contributed by atoms with van der Waals surface area (Å²) in [6.45, 7) is 4.46. The van der Waals surface area contributed by atoms with Crippen LogP contribution in [0.3, 0.4) is 0 Å². The summed E-state index contributed by atoms with van der Waals surface area (Å²) in [5.74, 6) is 0.719. The second-order valence-corrected chi connectivity index (χ2v) is 7.55. The molecule has 2 aromatic heterocycles. The van der Waals surface area contributed by atoms with Gasteiger partial charge in [-0.3, -0.25) is 4.79 Å². The van der Waals surface area contributed by atoms with E-state index in [1.807, 2.05) is 29.7 Å². The first-order valence-electron chi connectivity index (χ1n) is 9.08. The van der Waals surface area contributed by atoms with E-state index in [2.05, 4.69) is 17.0 Å². The Bertz CT molecular complexity index is 1130. The fourth-order valence-corrected chi connectivity index (χ4v) is 4.62. The van der Waals surface area contributed by atoms with Crippen molar-refractivity contribution in [2.24, 2.45) is 5.92 Å². The lowest BCUT2D eigenvalue weighted by atomic mass is 9.83. The maximum atomic E-state index is 12.2. The summed E-state index contributed by atoms with van der Waals surface area (Å²) < 4.78 is 7.31. The molecule has 2 aliphatic rings. The first-order chi connectivity index (χ1) is 12.6. The van der Waals surface area contributed by atoms with Gasteiger partial charge in [0.2, 0.25) is 0 Å². The van der Waals surface area contributed by atoms with Crippen molar-refractivity contribution in [3.8, 4) is 0 Å². The fourth-order valence-electron chi connectivity index (χ4n) is 4.62. The lowest BCUT2D eigenvalue weighted by Gasteiger charge is -2.43. The Hall–Kier alpha value is -2.82. The Balaban J connectivity index is 1.62. The van der Waals surface area contributed by atoms with Crippen molar-refractivity contribution in [1.29, 1.82) is 0 Å². The van der Waals surface area contributed by atoms with Crippen LogP contribution in [-0.4, -0.2) is 17.7 Å². The van der Waals surface area contributed by atoms with Crippen LogP contribution in [0.2, 0.25) is 0 Å². The predicted molar refractivity (Wildman–Crippen MR) is 101 cm³/mol. The molecule has 5 nitrogen and oxygen atoms in total. The van der Waals surface area contributed by atoms with Crippen molar-refractivity contribution in [3.63, 3.8) is 0 Å². The summed E-state index contributed by atoms with van der Waals surface area (Å²) in [7, 11) is 0. The molecule has 132 valence electrons. The number of pyridine rings is 1. The number of aromatic nitrogens is 1. The number of hydrogen-bond acceptors (Lipinski definition) is 4. The highest BCUT2D eigenvalue weighted by Gasteiger charge is 2.35. The second-order valence-electron chi connectivity index (χ2n) is 7.55. The van der Waals surface area contributed by atoms with Crippen molar-refractivity contribution in [1.82, 2.24) is 4.57 Å². The number of piperidine rings is 1. The molecule has 26 heavy (non-hydrogen) atoms. The van der Waals surface area contributed by atoms with Crippen molar-refractivity contribution >= 4 is 16.7 Å². The number of anilines is 1. The van der Waals surface area contributed by atoms with Crippen LogP contribution in [-0.2, 0) is 6.54 Å². The van der Waals surface area contributed by atoms with Gasteiger partial charge in [0.25, 0.3) is 5.56 Å². The van der Waals surface area contributed by atoms with E-state index in [1.54, 1.807) is 12.1 Å². The Morgan fingerprint density at radius 2 is 1.92 bits per heavy atom. The van der Waals surface area contributed by atoms with Gasteiger partial charge in [0.15, 0.2) is 0 Å². The molecule has 5 heteroatoms. The quantitative estimate of drug-likeness (QED) is 0.635. The summed E-state index contributed by atoms with van der Waals surface area (Å²) in [4.78, 5) is 26.6. The van der Waals surface area contributed by atoms with E-state index in [4.69, 9.17) is 4.42 Å². The Labute approximate surface area is 150 Å². The van der Waals surface area contributed by atoms with Crippen LogP contribution in [0.5, 0.6) is 0 Å². The van der Waals surface area contributed by atoms with Crippen LogP contribution in [0, 0.1) is 12.8 Å². The lowest BCUT2D eigenvalue weighted by molar-refractivity contribution is 0.281. The van der Waals surface area contributed by atoms with E-state index in [0.717, 1.165) is 48.4 Å². The first-order valence-corrected chi connectivity index (χ1v) is 9.08. The Kier molecular flexibility index (Phi) is 3.32. The third-order valence-electron chi connectivity index (χ3n) is 5.70. The minimum atomic E-state index is -0.316. The van der Waals surface area contributed by atoms with E-state index in [-0.39, 0.29) is 11.2 Å². The topological polar surface area (TPSA) is 55.5 Å².